The molecular weight excluding hydrogens is 228 g/mol. The molecule has 0 unspecified atom stereocenters. The summed E-state index contributed by atoms with van der Waals surface area (Å²) >= 11 is 0. The van der Waals surface area contributed by atoms with Gasteiger partial charge in [-0.05, 0) is 39.0 Å². The highest BCUT2D eigenvalue weighted by Crippen LogP contribution is 2.27. The van der Waals surface area contributed by atoms with E-state index < -0.39 is 0 Å². The highest BCUT2D eigenvalue weighted by atomic mass is 16.5. The minimum absolute atomic E-state index is 0.304. The first kappa shape index (κ1) is 13.1. The van der Waals surface area contributed by atoms with E-state index in [0.29, 0.717) is 17.8 Å². The van der Waals surface area contributed by atoms with Crippen LogP contribution in [0.5, 0.6) is 5.88 Å². The van der Waals surface area contributed by atoms with Gasteiger partial charge in [-0.1, -0.05) is 6.92 Å². The van der Waals surface area contributed by atoms with Crippen molar-refractivity contribution in [3.05, 3.63) is 11.4 Å². The molecular formula is C13H22N4O. The van der Waals surface area contributed by atoms with Crippen molar-refractivity contribution < 1.29 is 4.74 Å². The average Bonchev–Trinajstić information content (AvgIpc) is 2.86. The van der Waals surface area contributed by atoms with Gasteiger partial charge in [0, 0.05) is 6.42 Å². The van der Waals surface area contributed by atoms with Crippen molar-refractivity contribution in [1.29, 1.82) is 0 Å². The number of ether oxygens (including phenoxy) is 1. The molecule has 5 nitrogen and oxygen atoms in total. The van der Waals surface area contributed by atoms with Crippen molar-refractivity contribution in [1.82, 2.24) is 9.97 Å². The molecule has 0 amide bonds. The SMILES string of the molecule is CCCc1nc(NN)c(C)c(OC2CCCC2)n1. The van der Waals surface area contributed by atoms with Gasteiger partial charge in [0.15, 0.2) is 0 Å². The zero-order valence-corrected chi connectivity index (χ0v) is 11.2. The summed E-state index contributed by atoms with van der Waals surface area (Å²) in [5.74, 6) is 7.65. The van der Waals surface area contributed by atoms with Crippen molar-refractivity contribution >= 4 is 5.82 Å². The van der Waals surface area contributed by atoms with E-state index in [1.165, 1.54) is 12.8 Å². The molecule has 1 aliphatic rings. The van der Waals surface area contributed by atoms with E-state index in [1.807, 2.05) is 6.92 Å². The van der Waals surface area contributed by atoms with E-state index in [1.54, 1.807) is 0 Å². The Hall–Kier alpha value is -1.36. The number of hydrogen-bond acceptors (Lipinski definition) is 5. The summed E-state index contributed by atoms with van der Waals surface area (Å²) in [7, 11) is 0. The average molecular weight is 250 g/mol. The molecule has 1 aliphatic carbocycles. The molecule has 0 aromatic carbocycles. The van der Waals surface area contributed by atoms with Gasteiger partial charge in [0.2, 0.25) is 5.88 Å². The second-order valence-electron chi connectivity index (χ2n) is 4.84. The molecule has 1 fully saturated rings. The monoisotopic (exact) mass is 250 g/mol. The Bertz CT molecular complexity index is 402. The molecule has 0 aliphatic heterocycles. The van der Waals surface area contributed by atoms with Crippen molar-refractivity contribution in [2.45, 2.75) is 58.5 Å². The van der Waals surface area contributed by atoms with Gasteiger partial charge in [0.05, 0.1) is 5.56 Å². The van der Waals surface area contributed by atoms with Crippen LogP contribution in [0.25, 0.3) is 0 Å². The molecule has 0 bridgehead atoms. The quantitative estimate of drug-likeness (QED) is 0.620. The lowest BCUT2D eigenvalue weighted by atomic mass is 10.2. The largest absolute Gasteiger partial charge is 0.474 e. The topological polar surface area (TPSA) is 73.1 Å². The lowest BCUT2D eigenvalue weighted by Crippen LogP contribution is -2.17. The molecule has 1 heterocycles. The molecule has 0 atom stereocenters. The first-order valence-corrected chi connectivity index (χ1v) is 6.75. The van der Waals surface area contributed by atoms with Gasteiger partial charge < -0.3 is 10.2 Å². The number of aromatic nitrogens is 2. The fourth-order valence-electron chi connectivity index (χ4n) is 2.30. The molecule has 0 spiro atoms. The Morgan fingerprint density at radius 3 is 2.67 bits per heavy atom. The Morgan fingerprint density at radius 1 is 1.33 bits per heavy atom. The van der Waals surface area contributed by atoms with E-state index in [4.69, 9.17) is 10.6 Å². The number of hydrazine groups is 1. The fraction of sp³-hybridized carbons (Fsp3) is 0.692. The lowest BCUT2D eigenvalue weighted by molar-refractivity contribution is 0.199. The lowest BCUT2D eigenvalue weighted by Gasteiger charge is -2.16. The smallest absolute Gasteiger partial charge is 0.222 e. The Labute approximate surface area is 108 Å². The summed E-state index contributed by atoms with van der Waals surface area (Å²) in [6.07, 6.45) is 6.90. The number of nitrogen functional groups attached to an aromatic ring is 1. The minimum Gasteiger partial charge on any atom is -0.474 e. The van der Waals surface area contributed by atoms with Crippen LogP contribution in [0.15, 0.2) is 0 Å². The molecule has 100 valence electrons. The maximum Gasteiger partial charge on any atom is 0.222 e. The van der Waals surface area contributed by atoms with Gasteiger partial charge in [0.1, 0.15) is 17.7 Å². The van der Waals surface area contributed by atoms with Crippen LogP contribution in [-0.2, 0) is 6.42 Å². The van der Waals surface area contributed by atoms with Crippen LogP contribution < -0.4 is 16.0 Å². The highest BCUT2D eigenvalue weighted by molar-refractivity contribution is 5.47. The number of nitrogens with one attached hydrogen (secondary N) is 1. The van der Waals surface area contributed by atoms with Gasteiger partial charge in [-0.2, -0.15) is 4.98 Å². The van der Waals surface area contributed by atoms with Crippen LogP contribution in [0.2, 0.25) is 0 Å². The van der Waals surface area contributed by atoms with Crippen LogP contribution in [0.1, 0.15) is 50.4 Å². The third kappa shape index (κ3) is 2.90. The number of nitrogens with two attached hydrogens (primary N) is 1. The van der Waals surface area contributed by atoms with Crippen molar-refractivity contribution in [2.75, 3.05) is 5.43 Å². The fourth-order valence-corrected chi connectivity index (χ4v) is 2.30. The summed E-state index contributed by atoms with van der Waals surface area (Å²) in [4.78, 5) is 8.89. The summed E-state index contributed by atoms with van der Waals surface area (Å²) in [5, 5.41) is 0. The Kier molecular flexibility index (Phi) is 4.36. The zero-order chi connectivity index (χ0) is 13.0. The number of hydrogen-bond donors (Lipinski definition) is 2. The standard InChI is InChI=1S/C13H22N4O/c1-3-6-11-15-12(17-14)9(2)13(16-11)18-10-7-4-5-8-10/h10H,3-8,14H2,1-2H3,(H,15,16,17). The number of anilines is 1. The molecule has 18 heavy (non-hydrogen) atoms. The van der Waals surface area contributed by atoms with E-state index in [0.717, 1.165) is 37.1 Å². The number of rotatable bonds is 5. The van der Waals surface area contributed by atoms with Crippen molar-refractivity contribution in [3.63, 3.8) is 0 Å². The normalized spacial score (nSPS) is 15.9. The molecule has 0 saturated heterocycles. The van der Waals surface area contributed by atoms with Crippen LogP contribution in [0.4, 0.5) is 5.82 Å². The van der Waals surface area contributed by atoms with Gasteiger partial charge in [-0.15, -0.1) is 0 Å². The van der Waals surface area contributed by atoms with E-state index in [9.17, 15) is 0 Å². The van der Waals surface area contributed by atoms with E-state index in [-0.39, 0.29) is 0 Å². The molecule has 2 rings (SSSR count). The summed E-state index contributed by atoms with van der Waals surface area (Å²) in [5.41, 5.74) is 3.52. The molecule has 5 heteroatoms. The molecule has 3 N–H and O–H groups in total. The van der Waals surface area contributed by atoms with Crippen LogP contribution in [-0.4, -0.2) is 16.1 Å². The number of nitrogens with zero attached hydrogens (tertiary/aromatic N) is 2. The van der Waals surface area contributed by atoms with Gasteiger partial charge in [-0.25, -0.2) is 10.8 Å². The van der Waals surface area contributed by atoms with E-state index in [2.05, 4.69) is 22.3 Å². The van der Waals surface area contributed by atoms with Crippen LogP contribution in [0.3, 0.4) is 0 Å². The maximum absolute atomic E-state index is 5.99. The minimum atomic E-state index is 0.304. The predicted molar refractivity (Wildman–Crippen MR) is 71.5 cm³/mol. The Balaban J connectivity index is 2.22. The van der Waals surface area contributed by atoms with Gasteiger partial charge >= 0.3 is 0 Å². The summed E-state index contributed by atoms with van der Waals surface area (Å²) < 4.78 is 5.99. The molecule has 1 saturated carbocycles. The third-order valence-electron chi connectivity index (χ3n) is 3.34. The molecule has 1 aromatic heterocycles. The summed E-state index contributed by atoms with van der Waals surface area (Å²) in [6, 6.07) is 0. The second-order valence-corrected chi connectivity index (χ2v) is 4.84. The zero-order valence-electron chi connectivity index (χ0n) is 11.2. The second kappa shape index (κ2) is 6.00. The van der Waals surface area contributed by atoms with Crippen molar-refractivity contribution in [2.24, 2.45) is 5.84 Å². The van der Waals surface area contributed by atoms with Gasteiger partial charge in [-0.3, -0.25) is 0 Å². The van der Waals surface area contributed by atoms with Crippen LogP contribution >= 0.6 is 0 Å². The maximum atomic E-state index is 5.99. The Morgan fingerprint density at radius 2 is 2.06 bits per heavy atom. The van der Waals surface area contributed by atoms with Gasteiger partial charge in [0.25, 0.3) is 0 Å². The first-order valence-electron chi connectivity index (χ1n) is 6.75. The van der Waals surface area contributed by atoms with E-state index >= 15 is 0 Å². The molecule has 0 radical (unpaired) electrons. The first-order chi connectivity index (χ1) is 8.74. The number of aryl methyl sites for hydroxylation is 1. The summed E-state index contributed by atoms with van der Waals surface area (Å²) in [6.45, 7) is 4.05. The molecule has 1 aromatic rings. The predicted octanol–water partition coefficient (Wildman–Crippen LogP) is 2.34. The van der Waals surface area contributed by atoms with Crippen molar-refractivity contribution in [3.8, 4) is 5.88 Å². The van der Waals surface area contributed by atoms with Crippen LogP contribution in [0, 0.1) is 6.92 Å². The third-order valence-corrected chi connectivity index (χ3v) is 3.34. The highest BCUT2D eigenvalue weighted by Gasteiger charge is 2.20.